The van der Waals surface area contributed by atoms with Gasteiger partial charge in [-0.3, -0.25) is 9.59 Å². The van der Waals surface area contributed by atoms with Crippen molar-refractivity contribution in [3.8, 4) is 0 Å². The van der Waals surface area contributed by atoms with Crippen LogP contribution in [0.4, 0.5) is 0 Å². The lowest BCUT2D eigenvalue weighted by Crippen LogP contribution is -2.36. The molecule has 1 aromatic carbocycles. The first kappa shape index (κ1) is 16.2. The molecule has 0 bridgehead atoms. The second kappa shape index (κ2) is 6.07. The van der Waals surface area contributed by atoms with Crippen molar-refractivity contribution in [3.63, 3.8) is 0 Å². The fourth-order valence-electron chi connectivity index (χ4n) is 2.17. The molecule has 0 fully saturated rings. The number of carbonyl (C=O) groups is 2. The quantitative estimate of drug-likeness (QED) is 0.811. The van der Waals surface area contributed by atoms with Gasteiger partial charge < -0.3 is 9.84 Å². The predicted octanol–water partition coefficient (Wildman–Crippen LogP) is 3.26. The third-order valence-corrected chi connectivity index (χ3v) is 3.23. The maximum Gasteiger partial charge on any atom is 0.311 e. The first-order valence-electron chi connectivity index (χ1n) is 6.60. The molecular weight excluding hydrogens is 256 g/mol. The highest BCUT2D eigenvalue weighted by atomic mass is 16.5. The van der Waals surface area contributed by atoms with Crippen LogP contribution in [0.2, 0.25) is 0 Å². The van der Waals surface area contributed by atoms with Crippen molar-refractivity contribution in [1.82, 2.24) is 0 Å². The molecule has 0 aromatic heterocycles. The van der Waals surface area contributed by atoms with E-state index in [4.69, 9.17) is 9.84 Å². The number of benzene rings is 1. The second-order valence-corrected chi connectivity index (χ2v) is 6.31. The summed E-state index contributed by atoms with van der Waals surface area (Å²) in [6.07, 6.45) is 0.225. The fraction of sp³-hybridized carbons (Fsp3) is 0.500. The molecule has 0 heterocycles. The summed E-state index contributed by atoms with van der Waals surface area (Å²) in [5.74, 6) is -1.29. The number of carboxylic acids is 1. The largest absolute Gasteiger partial charge is 0.481 e. The van der Waals surface area contributed by atoms with E-state index < -0.39 is 16.8 Å². The molecule has 4 heteroatoms. The van der Waals surface area contributed by atoms with Gasteiger partial charge >= 0.3 is 11.9 Å². The number of hydrogen-bond acceptors (Lipinski definition) is 3. The van der Waals surface area contributed by atoms with E-state index in [-0.39, 0.29) is 19.0 Å². The standard InChI is InChI=1S/C16H22O4/c1-15(2,13(17)18)11-16(3,4)14(19)20-10-12-8-6-5-7-9-12/h5-9H,10-11H2,1-4H3,(H,17,18). The van der Waals surface area contributed by atoms with Gasteiger partial charge in [0.25, 0.3) is 0 Å². The lowest BCUT2D eigenvalue weighted by atomic mass is 9.75. The highest BCUT2D eigenvalue weighted by Crippen LogP contribution is 2.35. The minimum atomic E-state index is -0.963. The number of ether oxygens (including phenoxy) is 1. The fourth-order valence-corrected chi connectivity index (χ4v) is 2.17. The second-order valence-electron chi connectivity index (χ2n) is 6.31. The van der Waals surface area contributed by atoms with Crippen molar-refractivity contribution >= 4 is 11.9 Å². The molecule has 0 aliphatic rings. The Morgan fingerprint density at radius 3 is 2.10 bits per heavy atom. The van der Waals surface area contributed by atoms with Crippen molar-refractivity contribution in [1.29, 1.82) is 0 Å². The summed E-state index contributed by atoms with van der Waals surface area (Å²) in [5.41, 5.74) is -0.888. The Hall–Kier alpha value is -1.84. The minimum absolute atomic E-state index is 0.205. The van der Waals surface area contributed by atoms with E-state index in [2.05, 4.69) is 0 Å². The lowest BCUT2D eigenvalue weighted by Gasteiger charge is -2.30. The summed E-state index contributed by atoms with van der Waals surface area (Å²) >= 11 is 0. The SMILES string of the molecule is CC(C)(CC(C)(C)C(=O)OCc1ccccc1)C(=O)O. The van der Waals surface area contributed by atoms with Gasteiger partial charge in [0.1, 0.15) is 6.61 Å². The zero-order valence-electron chi connectivity index (χ0n) is 12.5. The molecule has 0 aliphatic heterocycles. The van der Waals surface area contributed by atoms with Crippen LogP contribution >= 0.6 is 0 Å². The summed E-state index contributed by atoms with van der Waals surface area (Å²) < 4.78 is 5.29. The number of aliphatic carboxylic acids is 1. The van der Waals surface area contributed by atoms with Gasteiger partial charge in [-0.05, 0) is 39.7 Å². The van der Waals surface area contributed by atoms with E-state index in [9.17, 15) is 9.59 Å². The van der Waals surface area contributed by atoms with Crippen LogP contribution in [0.3, 0.4) is 0 Å². The highest BCUT2D eigenvalue weighted by Gasteiger charge is 2.39. The first-order valence-corrected chi connectivity index (χ1v) is 6.60. The first-order chi connectivity index (χ1) is 9.15. The number of hydrogen-bond donors (Lipinski definition) is 1. The van der Waals surface area contributed by atoms with E-state index in [1.807, 2.05) is 30.3 Å². The summed E-state index contributed by atoms with van der Waals surface area (Å²) in [6, 6.07) is 9.40. The molecule has 0 radical (unpaired) electrons. The van der Waals surface area contributed by atoms with Gasteiger partial charge in [-0.25, -0.2) is 0 Å². The van der Waals surface area contributed by atoms with E-state index in [1.54, 1.807) is 27.7 Å². The third-order valence-electron chi connectivity index (χ3n) is 3.23. The number of rotatable bonds is 6. The van der Waals surface area contributed by atoms with Crippen LogP contribution in [0.25, 0.3) is 0 Å². The van der Waals surface area contributed by atoms with Gasteiger partial charge in [-0.15, -0.1) is 0 Å². The number of carboxylic acid groups (broad SMARTS) is 1. The van der Waals surface area contributed by atoms with E-state index in [1.165, 1.54) is 0 Å². The van der Waals surface area contributed by atoms with Crippen LogP contribution in [0, 0.1) is 10.8 Å². The Morgan fingerprint density at radius 2 is 1.60 bits per heavy atom. The maximum atomic E-state index is 12.1. The average Bonchev–Trinajstić information content (AvgIpc) is 2.35. The van der Waals surface area contributed by atoms with Crippen molar-refractivity contribution in [2.45, 2.75) is 40.7 Å². The van der Waals surface area contributed by atoms with Gasteiger partial charge in [0.2, 0.25) is 0 Å². The maximum absolute atomic E-state index is 12.1. The molecule has 1 N–H and O–H groups in total. The Balaban J connectivity index is 2.63. The topological polar surface area (TPSA) is 63.6 Å². The lowest BCUT2D eigenvalue weighted by molar-refractivity contribution is -0.160. The van der Waals surface area contributed by atoms with Gasteiger partial charge in [0, 0.05) is 0 Å². The minimum Gasteiger partial charge on any atom is -0.481 e. The zero-order chi connectivity index (χ0) is 15.4. The van der Waals surface area contributed by atoms with E-state index in [0.29, 0.717) is 0 Å². The molecule has 0 saturated carbocycles. The Labute approximate surface area is 119 Å². The Morgan fingerprint density at radius 1 is 1.05 bits per heavy atom. The number of esters is 1. The summed E-state index contributed by atoms with van der Waals surface area (Å²) in [7, 11) is 0. The molecule has 1 aromatic rings. The van der Waals surface area contributed by atoms with Crippen molar-refractivity contribution in [2.24, 2.45) is 10.8 Å². The predicted molar refractivity (Wildman–Crippen MR) is 76.1 cm³/mol. The molecule has 0 amide bonds. The van der Waals surface area contributed by atoms with Gasteiger partial charge in [0.15, 0.2) is 0 Å². The van der Waals surface area contributed by atoms with Crippen LogP contribution in [0.1, 0.15) is 39.7 Å². The summed E-state index contributed by atoms with van der Waals surface area (Å²) in [5, 5.41) is 9.14. The van der Waals surface area contributed by atoms with Crippen molar-refractivity contribution < 1.29 is 19.4 Å². The molecule has 0 atom stereocenters. The summed E-state index contributed by atoms with van der Waals surface area (Å²) in [6.45, 7) is 6.86. The third kappa shape index (κ3) is 4.37. The molecule has 0 saturated heterocycles. The molecule has 0 spiro atoms. The molecule has 0 unspecified atom stereocenters. The monoisotopic (exact) mass is 278 g/mol. The van der Waals surface area contributed by atoms with Crippen molar-refractivity contribution in [2.75, 3.05) is 0 Å². The average molecular weight is 278 g/mol. The molecular formula is C16H22O4. The van der Waals surface area contributed by atoms with Gasteiger partial charge in [-0.2, -0.15) is 0 Å². The zero-order valence-corrected chi connectivity index (χ0v) is 12.5. The van der Waals surface area contributed by atoms with Crippen LogP contribution in [0.5, 0.6) is 0 Å². The molecule has 4 nitrogen and oxygen atoms in total. The van der Waals surface area contributed by atoms with Gasteiger partial charge in [-0.1, -0.05) is 30.3 Å². The van der Waals surface area contributed by atoms with Crippen molar-refractivity contribution in [3.05, 3.63) is 35.9 Å². The Bertz CT molecular complexity index is 475. The highest BCUT2D eigenvalue weighted by molar-refractivity contribution is 5.79. The number of carbonyl (C=O) groups excluding carboxylic acids is 1. The van der Waals surface area contributed by atoms with E-state index in [0.717, 1.165) is 5.56 Å². The van der Waals surface area contributed by atoms with E-state index >= 15 is 0 Å². The van der Waals surface area contributed by atoms with Crippen LogP contribution in [-0.2, 0) is 20.9 Å². The van der Waals surface area contributed by atoms with Crippen LogP contribution in [0.15, 0.2) is 30.3 Å². The van der Waals surface area contributed by atoms with Crippen LogP contribution in [-0.4, -0.2) is 17.0 Å². The molecule has 1 rings (SSSR count). The van der Waals surface area contributed by atoms with Crippen LogP contribution < -0.4 is 0 Å². The Kier molecular flexibility index (Phi) is 4.93. The summed E-state index contributed by atoms with van der Waals surface area (Å²) in [4.78, 5) is 23.3. The smallest absolute Gasteiger partial charge is 0.311 e. The molecule has 110 valence electrons. The normalized spacial score (nSPS) is 12.0. The molecule has 20 heavy (non-hydrogen) atoms. The molecule has 0 aliphatic carbocycles. The van der Waals surface area contributed by atoms with Gasteiger partial charge in [0.05, 0.1) is 10.8 Å².